The van der Waals surface area contributed by atoms with Crippen LogP contribution in [0.5, 0.6) is 5.75 Å². The van der Waals surface area contributed by atoms with Crippen LogP contribution in [-0.2, 0) is 9.59 Å². The van der Waals surface area contributed by atoms with Crippen LogP contribution in [-0.4, -0.2) is 35.6 Å². The van der Waals surface area contributed by atoms with Crippen LogP contribution >= 0.6 is 27.7 Å². The molecule has 1 heterocycles. The Labute approximate surface area is 168 Å². The summed E-state index contributed by atoms with van der Waals surface area (Å²) in [5, 5.41) is 2.20. The topological polar surface area (TPSA) is 75.7 Å². The van der Waals surface area contributed by atoms with Crippen molar-refractivity contribution in [2.45, 2.75) is 0 Å². The number of benzene rings is 2. The van der Waals surface area contributed by atoms with Crippen molar-refractivity contribution in [2.75, 3.05) is 19.0 Å². The van der Waals surface area contributed by atoms with E-state index >= 15 is 0 Å². The molecule has 1 fully saturated rings. The molecule has 0 atom stereocenters. The number of carbonyl (C=O) groups is 3. The summed E-state index contributed by atoms with van der Waals surface area (Å²) in [5.41, 5.74) is 1.25. The van der Waals surface area contributed by atoms with Gasteiger partial charge in [0, 0.05) is 10.0 Å². The van der Waals surface area contributed by atoms with Gasteiger partial charge in [-0.15, -0.1) is 0 Å². The lowest BCUT2D eigenvalue weighted by Gasteiger charge is -2.13. The molecule has 0 radical (unpaired) electrons. The van der Waals surface area contributed by atoms with Crippen molar-refractivity contribution in [1.82, 2.24) is 4.90 Å². The quantitative estimate of drug-likeness (QED) is 0.698. The number of rotatable bonds is 5. The standard InChI is InChI=1S/C19H15BrN2O4S/c1-26-15-9-5-2-6-12(15)10-16-18(24)22(19(25)27-16)11-17(23)21-14-8-4-3-7-13(14)20/h2-10H,11H2,1H3,(H,21,23)/b16-10-. The summed E-state index contributed by atoms with van der Waals surface area (Å²) in [7, 11) is 1.53. The van der Waals surface area contributed by atoms with Gasteiger partial charge in [-0.3, -0.25) is 19.3 Å². The molecule has 0 aromatic heterocycles. The van der Waals surface area contributed by atoms with Crippen molar-refractivity contribution in [3.05, 3.63) is 63.5 Å². The molecule has 0 aliphatic carbocycles. The first-order valence-electron chi connectivity index (χ1n) is 7.92. The van der Waals surface area contributed by atoms with Crippen LogP contribution in [0.1, 0.15) is 5.56 Å². The van der Waals surface area contributed by atoms with Crippen molar-refractivity contribution >= 4 is 56.5 Å². The number of imide groups is 1. The number of thioether (sulfide) groups is 1. The number of anilines is 1. The SMILES string of the molecule is COc1ccccc1/C=C1\SC(=O)N(CC(=O)Nc2ccccc2Br)C1=O. The zero-order valence-corrected chi connectivity index (χ0v) is 16.7. The lowest BCUT2D eigenvalue weighted by atomic mass is 10.2. The zero-order chi connectivity index (χ0) is 19.4. The molecule has 1 N–H and O–H groups in total. The molecule has 2 aromatic rings. The van der Waals surface area contributed by atoms with Gasteiger partial charge in [-0.2, -0.15) is 0 Å². The van der Waals surface area contributed by atoms with Gasteiger partial charge in [-0.05, 0) is 52.0 Å². The smallest absolute Gasteiger partial charge is 0.294 e. The number of hydrogen-bond acceptors (Lipinski definition) is 5. The number of para-hydroxylation sites is 2. The number of ether oxygens (including phenoxy) is 1. The summed E-state index contributed by atoms with van der Waals surface area (Å²) >= 11 is 4.14. The van der Waals surface area contributed by atoms with Crippen molar-refractivity contribution in [2.24, 2.45) is 0 Å². The monoisotopic (exact) mass is 446 g/mol. The number of halogens is 1. The second-order valence-electron chi connectivity index (χ2n) is 5.54. The van der Waals surface area contributed by atoms with E-state index in [0.29, 0.717) is 21.5 Å². The third-order valence-corrected chi connectivity index (χ3v) is 5.35. The Morgan fingerprint density at radius 3 is 2.63 bits per heavy atom. The fourth-order valence-corrected chi connectivity index (χ4v) is 3.67. The predicted molar refractivity (Wildman–Crippen MR) is 108 cm³/mol. The molecule has 0 saturated carbocycles. The highest BCUT2D eigenvalue weighted by Gasteiger charge is 2.36. The number of carbonyl (C=O) groups excluding carboxylic acids is 3. The first kappa shape index (κ1) is 19.2. The molecule has 6 nitrogen and oxygen atoms in total. The molecule has 0 spiro atoms. The predicted octanol–water partition coefficient (Wildman–Crippen LogP) is 4.13. The van der Waals surface area contributed by atoms with Crippen molar-refractivity contribution in [3.8, 4) is 5.75 Å². The normalized spacial score (nSPS) is 15.3. The van der Waals surface area contributed by atoms with Gasteiger partial charge in [-0.25, -0.2) is 0 Å². The summed E-state index contributed by atoms with van der Waals surface area (Å²) in [6, 6.07) is 14.3. The Kier molecular flexibility index (Phi) is 5.98. The van der Waals surface area contributed by atoms with Gasteiger partial charge in [-0.1, -0.05) is 30.3 Å². The Morgan fingerprint density at radius 1 is 1.19 bits per heavy atom. The van der Waals surface area contributed by atoms with Crippen molar-refractivity contribution in [3.63, 3.8) is 0 Å². The van der Waals surface area contributed by atoms with Crippen LogP contribution in [0.15, 0.2) is 57.9 Å². The molecular formula is C19H15BrN2O4S. The second-order valence-corrected chi connectivity index (χ2v) is 7.39. The fourth-order valence-electron chi connectivity index (χ4n) is 2.46. The van der Waals surface area contributed by atoms with Gasteiger partial charge in [0.05, 0.1) is 17.7 Å². The molecule has 8 heteroatoms. The second kappa shape index (κ2) is 8.41. The summed E-state index contributed by atoms with van der Waals surface area (Å²) in [6.07, 6.45) is 1.59. The van der Waals surface area contributed by atoms with E-state index in [2.05, 4.69) is 21.2 Å². The maximum atomic E-state index is 12.6. The molecule has 2 aromatic carbocycles. The maximum Gasteiger partial charge on any atom is 0.294 e. The zero-order valence-electron chi connectivity index (χ0n) is 14.3. The number of methoxy groups -OCH3 is 1. The lowest BCUT2D eigenvalue weighted by molar-refractivity contribution is -0.127. The largest absolute Gasteiger partial charge is 0.496 e. The maximum absolute atomic E-state index is 12.6. The first-order chi connectivity index (χ1) is 13.0. The number of nitrogens with one attached hydrogen (secondary N) is 1. The van der Waals surface area contributed by atoms with Gasteiger partial charge in [0.15, 0.2) is 0 Å². The lowest BCUT2D eigenvalue weighted by Crippen LogP contribution is -2.36. The Hall–Kier alpha value is -2.58. The van der Waals surface area contributed by atoms with Crippen LogP contribution in [0.3, 0.4) is 0 Å². The van der Waals surface area contributed by atoms with Crippen molar-refractivity contribution in [1.29, 1.82) is 0 Å². The summed E-state index contributed by atoms with van der Waals surface area (Å²) < 4.78 is 5.97. The van der Waals surface area contributed by atoms with E-state index in [1.807, 2.05) is 18.2 Å². The van der Waals surface area contributed by atoms with Gasteiger partial charge < -0.3 is 10.1 Å². The average molecular weight is 447 g/mol. The molecular weight excluding hydrogens is 432 g/mol. The van der Waals surface area contributed by atoms with E-state index in [1.54, 1.807) is 36.4 Å². The molecule has 138 valence electrons. The van der Waals surface area contributed by atoms with Gasteiger partial charge in [0.2, 0.25) is 5.91 Å². The molecule has 27 heavy (non-hydrogen) atoms. The minimum absolute atomic E-state index is 0.248. The van der Waals surface area contributed by atoms with Gasteiger partial charge >= 0.3 is 0 Å². The van der Waals surface area contributed by atoms with Crippen LogP contribution in [0.4, 0.5) is 10.5 Å². The number of hydrogen-bond donors (Lipinski definition) is 1. The van der Waals surface area contributed by atoms with Gasteiger partial charge in [0.25, 0.3) is 11.1 Å². The minimum atomic E-state index is -0.502. The number of amides is 3. The minimum Gasteiger partial charge on any atom is -0.496 e. The summed E-state index contributed by atoms with van der Waals surface area (Å²) in [6.45, 7) is -0.352. The molecule has 0 unspecified atom stereocenters. The molecule has 1 aliphatic heterocycles. The Morgan fingerprint density at radius 2 is 1.89 bits per heavy atom. The molecule has 1 saturated heterocycles. The van der Waals surface area contributed by atoms with E-state index in [-0.39, 0.29) is 11.4 Å². The third kappa shape index (κ3) is 4.40. The van der Waals surface area contributed by atoms with Crippen LogP contribution < -0.4 is 10.1 Å². The Balaban J connectivity index is 1.73. The van der Waals surface area contributed by atoms with Crippen LogP contribution in [0.25, 0.3) is 6.08 Å². The molecule has 1 aliphatic rings. The highest BCUT2D eigenvalue weighted by atomic mass is 79.9. The molecule has 0 bridgehead atoms. The average Bonchev–Trinajstić information content (AvgIpc) is 2.91. The fraction of sp³-hybridized carbons (Fsp3) is 0.105. The van der Waals surface area contributed by atoms with E-state index in [9.17, 15) is 14.4 Å². The van der Waals surface area contributed by atoms with E-state index in [4.69, 9.17) is 4.74 Å². The molecule has 3 amide bonds. The summed E-state index contributed by atoms with van der Waals surface area (Å²) in [5.74, 6) is -0.364. The van der Waals surface area contributed by atoms with Gasteiger partial charge in [0.1, 0.15) is 12.3 Å². The van der Waals surface area contributed by atoms with E-state index < -0.39 is 17.1 Å². The van der Waals surface area contributed by atoms with E-state index in [1.165, 1.54) is 7.11 Å². The van der Waals surface area contributed by atoms with E-state index in [0.717, 1.165) is 16.7 Å². The van der Waals surface area contributed by atoms with Crippen molar-refractivity contribution < 1.29 is 19.1 Å². The highest BCUT2D eigenvalue weighted by molar-refractivity contribution is 9.10. The van der Waals surface area contributed by atoms with Crippen LogP contribution in [0, 0.1) is 0 Å². The highest BCUT2D eigenvalue weighted by Crippen LogP contribution is 2.33. The first-order valence-corrected chi connectivity index (χ1v) is 9.53. The third-order valence-electron chi connectivity index (χ3n) is 3.75. The number of nitrogens with zero attached hydrogens (tertiary/aromatic N) is 1. The summed E-state index contributed by atoms with van der Waals surface area (Å²) in [4.78, 5) is 38.2. The molecule has 3 rings (SSSR count). The van der Waals surface area contributed by atoms with Crippen LogP contribution in [0.2, 0.25) is 0 Å². The Bertz CT molecular complexity index is 945.